The summed E-state index contributed by atoms with van der Waals surface area (Å²) in [5.41, 5.74) is 7.92. The summed E-state index contributed by atoms with van der Waals surface area (Å²) in [5.74, 6) is 0.324. The lowest BCUT2D eigenvalue weighted by atomic mass is 10.3. The number of piperazine rings is 1. The maximum Gasteiger partial charge on any atom is 0.191 e. The SMILES string of the molecule is NC(=NCCc1ccn(-c2ccc(F)cc2)n1)N1CCN(c2nccs2)CC1. The maximum absolute atomic E-state index is 13.0. The number of thiazole rings is 1. The molecule has 3 heterocycles. The Morgan fingerprint density at radius 1 is 1.14 bits per heavy atom. The Morgan fingerprint density at radius 3 is 2.64 bits per heavy atom. The van der Waals surface area contributed by atoms with Crippen molar-refractivity contribution in [3.8, 4) is 5.69 Å². The number of anilines is 1. The predicted octanol–water partition coefficient (Wildman–Crippen LogP) is 2.15. The quantitative estimate of drug-likeness (QED) is 0.526. The van der Waals surface area contributed by atoms with E-state index in [4.69, 9.17) is 5.73 Å². The number of rotatable bonds is 5. The summed E-state index contributed by atoms with van der Waals surface area (Å²) < 4.78 is 14.8. The molecule has 4 rings (SSSR count). The van der Waals surface area contributed by atoms with Gasteiger partial charge in [0.15, 0.2) is 11.1 Å². The Balaban J connectivity index is 1.27. The predicted molar refractivity (Wildman–Crippen MR) is 110 cm³/mol. The van der Waals surface area contributed by atoms with Gasteiger partial charge >= 0.3 is 0 Å². The van der Waals surface area contributed by atoms with Gasteiger partial charge in [0.05, 0.1) is 11.4 Å². The lowest BCUT2D eigenvalue weighted by Crippen LogP contribution is -2.51. The molecule has 0 bridgehead atoms. The van der Waals surface area contributed by atoms with E-state index in [0.29, 0.717) is 18.9 Å². The molecule has 2 aromatic heterocycles. The maximum atomic E-state index is 13.0. The molecule has 2 N–H and O–H groups in total. The highest BCUT2D eigenvalue weighted by atomic mass is 32.1. The third-order valence-corrected chi connectivity index (χ3v) is 5.50. The van der Waals surface area contributed by atoms with Crippen LogP contribution in [0.25, 0.3) is 5.69 Å². The molecular weight excluding hydrogens is 377 g/mol. The number of hydrogen-bond donors (Lipinski definition) is 1. The molecule has 7 nitrogen and oxygen atoms in total. The minimum atomic E-state index is -0.256. The minimum absolute atomic E-state index is 0.256. The van der Waals surface area contributed by atoms with Gasteiger partial charge in [0.25, 0.3) is 0 Å². The van der Waals surface area contributed by atoms with E-state index in [9.17, 15) is 4.39 Å². The van der Waals surface area contributed by atoms with E-state index in [0.717, 1.165) is 42.7 Å². The zero-order chi connectivity index (χ0) is 19.3. The molecule has 9 heteroatoms. The summed E-state index contributed by atoms with van der Waals surface area (Å²) in [5, 5.41) is 7.57. The molecule has 1 aliphatic rings. The van der Waals surface area contributed by atoms with E-state index in [1.165, 1.54) is 12.1 Å². The van der Waals surface area contributed by atoms with Crippen LogP contribution >= 0.6 is 11.3 Å². The molecule has 0 aliphatic carbocycles. The first-order valence-electron chi connectivity index (χ1n) is 9.19. The average Bonchev–Trinajstić information content (AvgIpc) is 3.41. The van der Waals surface area contributed by atoms with Crippen LogP contribution in [-0.4, -0.2) is 58.3 Å². The van der Waals surface area contributed by atoms with Crippen molar-refractivity contribution in [2.75, 3.05) is 37.6 Å². The number of guanidine groups is 1. The molecule has 0 amide bonds. The fraction of sp³-hybridized carbons (Fsp3) is 0.316. The molecule has 0 unspecified atom stereocenters. The highest BCUT2D eigenvalue weighted by Gasteiger charge is 2.19. The molecule has 1 aliphatic heterocycles. The van der Waals surface area contributed by atoms with E-state index >= 15 is 0 Å². The highest BCUT2D eigenvalue weighted by molar-refractivity contribution is 7.13. The van der Waals surface area contributed by atoms with Crippen LogP contribution in [0.5, 0.6) is 0 Å². The second-order valence-electron chi connectivity index (χ2n) is 6.51. The van der Waals surface area contributed by atoms with Gasteiger partial charge < -0.3 is 15.5 Å². The highest BCUT2D eigenvalue weighted by Crippen LogP contribution is 2.18. The number of nitrogens with two attached hydrogens (primary N) is 1. The van der Waals surface area contributed by atoms with E-state index in [1.54, 1.807) is 28.2 Å². The van der Waals surface area contributed by atoms with Gasteiger partial charge in [0.1, 0.15) is 5.82 Å². The average molecular weight is 399 g/mol. The first-order chi connectivity index (χ1) is 13.7. The van der Waals surface area contributed by atoms with Crippen LogP contribution in [0.4, 0.5) is 9.52 Å². The summed E-state index contributed by atoms with van der Waals surface area (Å²) in [6, 6.07) is 8.20. The Kier molecular flexibility index (Phi) is 5.52. The molecule has 1 fully saturated rings. The van der Waals surface area contributed by atoms with E-state index < -0.39 is 0 Å². The van der Waals surface area contributed by atoms with Crippen molar-refractivity contribution >= 4 is 22.4 Å². The van der Waals surface area contributed by atoms with Gasteiger partial charge in [-0.05, 0) is 30.3 Å². The Morgan fingerprint density at radius 2 is 1.93 bits per heavy atom. The number of halogens is 1. The van der Waals surface area contributed by atoms with Gasteiger partial charge in [0, 0.05) is 56.9 Å². The number of nitrogens with zero attached hydrogens (tertiary/aromatic N) is 6. The van der Waals surface area contributed by atoms with E-state index in [1.807, 2.05) is 23.8 Å². The molecule has 0 radical (unpaired) electrons. The van der Waals surface area contributed by atoms with Crippen molar-refractivity contribution in [3.63, 3.8) is 0 Å². The van der Waals surface area contributed by atoms with Crippen LogP contribution in [0, 0.1) is 5.82 Å². The number of aromatic nitrogens is 3. The van der Waals surface area contributed by atoms with Gasteiger partial charge in [-0.1, -0.05) is 0 Å². The monoisotopic (exact) mass is 399 g/mol. The van der Waals surface area contributed by atoms with Crippen LogP contribution in [0.1, 0.15) is 5.69 Å². The normalized spacial score (nSPS) is 15.2. The lowest BCUT2D eigenvalue weighted by molar-refractivity contribution is 0.380. The molecule has 1 saturated heterocycles. The van der Waals surface area contributed by atoms with Crippen molar-refractivity contribution in [1.82, 2.24) is 19.7 Å². The summed E-state index contributed by atoms with van der Waals surface area (Å²) in [6.07, 6.45) is 4.40. The van der Waals surface area contributed by atoms with Gasteiger partial charge in [0.2, 0.25) is 0 Å². The van der Waals surface area contributed by atoms with Gasteiger partial charge in [-0.2, -0.15) is 5.10 Å². The minimum Gasteiger partial charge on any atom is -0.370 e. The summed E-state index contributed by atoms with van der Waals surface area (Å²) in [6.45, 7) is 4.05. The molecule has 0 saturated carbocycles. The molecular formula is C19H22FN7S. The van der Waals surface area contributed by atoms with E-state index in [-0.39, 0.29) is 5.82 Å². The largest absolute Gasteiger partial charge is 0.370 e. The smallest absolute Gasteiger partial charge is 0.191 e. The molecule has 28 heavy (non-hydrogen) atoms. The first kappa shape index (κ1) is 18.4. The molecule has 1 aromatic carbocycles. The number of aliphatic imine (C=N–C) groups is 1. The summed E-state index contributed by atoms with van der Waals surface area (Å²) in [4.78, 5) is 13.3. The van der Waals surface area contributed by atoms with Crippen molar-refractivity contribution in [3.05, 3.63) is 59.6 Å². The standard InChI is InChI=1S/C19H22FN7S/c20-15-1-3-17(4-2-15)27-9-6-16(24-27)5-7-22-18(21)25-10-12-26(13-11-25)19-23-8-14-28-19/h1-4,6,8-9,14H,5,7,10-13H2,(H2,21,22). The van der Waals surface area contributed by atoms with Crippen molar-refractivity contribution < 1.29 is 4.39 Å². The van der Waals surface area contributed by atoms with Gasteiger partial charge in [-0.25, -0.2) is 14.1 Å². The van der Waals surface area contributed by atoms with Crippen molar-refractivity contribution in [2.45, 2.75) is 6.42 Å². The second-order valence-corrected chi connectivity index (χ2v) is 7.38. The molecule has 3 aromatic rings. The first-order valence-corrected chi connectivity index (χ1v) is 10.1. The third-order valence-electron chi connectivity index (χ3n) is 4.67. The van der Waals surface area contributed by atoms with Crippen molar-refractivity contribution in [2.24, 2.45) is 10.7 Å². The summed E-state index contributed by atoms with van der Waals surface area (Å²) >= 11 is 1.66. The van der Waals surface area contributed by atoms with Gasteiger partial charge in [-0.15, -0.1) is 11.3 Å². The van der Waals surface area contributed by atoms with Crippen LogP contribution in [0.2, 0.25) is 0 Å². The number of benzene rings is 1. The van der Waals surface area contributed by atoms with Crippen LogP contribution < -0.4 is 10.6 Å². The molecule has 146 valence electrons. The van der Waals surface area contributed by atoms with Crippen LogP contribution in [0.15, 0.2) is 53.1 Å². The third kappa shape index (κ3) is 4.30. The lowest BCUT2D eigenvalue weighted by Gasteiger charge is -2.35. The number of hydrogen-bond acceptors (Lipinski definition) is 5. The van der Waals surface area contributed by atoms with Gasteiger partial charge in [-0.3, -0.25) is 4.99 Å². The Labute approximate surface area is 166 Å². The molecule has 0 spiro atoms. The second kappa shape index (κ2) is 8.39. The van der Waals surface area contributed by atoms with Crippen molar-refractivity contribution in [1.29, 1.82) is 0 Å². The summed E-state index contributed by atoms with van der Waals surface area (Å²) in [7, 11) is 0. The Bertz CT molecular complexity index is 912. The van der Waals surface area contributed by atoms with Crippen LogP contribution in [-0.2, 0) is 6.42 Å². The zero-order valence-corrected chi connectivity index (χ0v) is 16.2. The van der Waals surface area contributed by atoms with E-state index in [2.05, 4.69) is 24.9 Å². The fourth-order valence-electron chi connectivity index (χ4n) is 3.12. The fourth-order valence-corrected chi connectivity index (χ4v) is 3.81. The molecule has 0 atom stereocenters. The topological polar surface area (TPSA) is 75.6 Å². The Hall–Kier alpha value is -2.94. The zero-order valence-electron chi connectivity index (χ0n) is 15.4. The van der Waals surface area contributed by atoms with Crippen LogP contribution in [0.3, 0.4) is 0 Å².